The lowest BCUT2D eigenvalue weighted by molar-refractivity contribution is -0.192. The van der Waals surface area contributed by atoms with Crippen LogP contribution in [0.3, 0.4) is 0 Å². The summed E-state index contributed by atoms with van der Waals surface area (Å²) >= 11 is 0. The summed E-state index contributed by atoms with van der Waals surface area (Å²) in [7, 11) is 4.06. The third-order valence-electron chi connectivity index (χ3n) is 8.78. The Morgan fingerprint density at radius 3 is 2.16 bits per heavy atom. The summed E-state index contributed by atoms with van der Waals surface area (Å²) in [6.45, 7) is 1.99. The zero-order chi connectivity index (χ0) is 32.0. The Bertz CT molecular complexity index is 1460. The van der Waals surface area contributed by atoms with Crippen LogP contribution in [0.4, 0.5) is 13.2 Å². The summed E-state index contributed by atoms with van der Waals surface area (Å²) in [4.78, 5) is 38.7. The Kier molecular flexibility index (Phi) is 10.7. The fourth-order valence-corrected chi connectivity index (χ4v) is 6.43. The van der Waals surface area contributed by atoms with Crippen molar-refractivity contribution in [2.45, 2.75) is 76.0 Å². The molecule has 0 spiro atoms. The molecule has 1 aromatic heterocycles. The Morgan fingerprint density at radius 1 is 0.932 bits per heavy atom. The molecule has 11 heteroatoms. The minimum Gasteiger partial charge on any atom is -0.478 e. The lowest BCUT2D eigenvalue weighted by Crippen LogP contribution is -2.45. The van der Waals surface area contributed by atoms with E-state index in [1.165, 1.54) is 37.7 Å². The molecular formula is C33H40F3N3O5. The smallest absolute Gasteiger partial charge is 0.478 e. The van der Waals surface area contributed by atoms with Gasteiger partial charge in [-0.05, 0) is 68.5 Å². The molecule has 8 nitrogen and oxygen atoms in total. The van der Waals surface area contributed by atoms with Crippen molar-refractivity contribution >= 4 is 28.7 Å². The molecule has 1 aliphatic heterocycles. The number of hydrogen-bond acceptors (Lipinski definition) is 4. The number of aromatic carboxylic acids is 1. The van der Waals surface area contributed by atoms with E-state index >= 15 is 0 Å². The molecule has 2 aromatic carbocycles. The highest BCUT2D eigenvalue weighted by Gasteiger charge is 2.38. The highest BCUT2D eigenvalue weighted by molar-refractivity contribution is 5.99. The molecule has 1 aliphatic carbocycles. The van der Waals surface area contributed by atoms with E-state index < -0.39 is 18.1 Å². The largest absolute Gasteiger partial charge is 0.490 e. The van der Waals surface area contributed by atoms with Crippen LogP contribution in [0.25, 0.3) is 22.2 Å². The Balaban J connectivity index is 0.000000566. The second-order valence-corrected chi connectivity index (χ2v) is 11.8. The normalized spacial score (nSPS) is 18.0. The number of piperidine rings is 1. The van der Waals surface area contributed by atoms with Crippen molar-refractivity contribution in [1.29, 1.82) is 0 Å². The van der Waals surface area contributed by atoms with E-state index in [-0.39, 0.29) is 18.0 Å². The van der Waals surface area contributed by atoms with Crippen molar-refractivity contribution in [2.24, 2.45) is 0 Å². The Hall–Kier alpha value is -3.86. The van der Waals surface area contributed by atoms with Gasteiger partial charge in [0.05, 0.1) is 16.8 Å². The van der Waals surface area contributed by atoms with Gasteiger partial charge in [-0.1, -0.05) is 62.1 Å². The van der Waals surface area contributed by atoms with Crippen LogP contribution in [0.5, 0.6) is 0 Å². The van der Waals surface area contributed by atoms with E-state index in [4.69, 9.17) is 9.90 Å². The van der Waals surface area contributed by atoms with Crippen LogP contribution in [-0.2, 0) is 16.1 Å². The summed E-state index contributed by atoms with van der Waals surface area (Å²) < 4.78 is 33.8. The predicted octanol–water partition coefficient (Wildman–Crippen LogP) is 6.63. The molecule has 2 N–H and O–H groups in total. The third-order valence-corrected chi connectivity index (χ3v) is 8.78. The number of halogens is 3. The van der Waals surface area contributed by atoms with Crippen LogP contribution in [0.1, 0.15) is 73.2 Å². The summed E-state index contributed by atoms with van der Waals surface area (Å²) in [5.41, 5.74) is 4.53. The molecule has 3 aromatic rings. The van der Waals surface area contributed by atoms with Gasteiger partial charge in [-0.2, -0.15) is 13.2 Å². The molecule has 238 valence electrons. The van der Waals surface area contributed by atoms with Crippen molar-refractivity contribution in [1.82, 2.24) is 14.4 Å². The number of amides is 1. The molecule has 1 unspecified atom stereocenters. The van der Waals surface area contributed by atoms with Crippen LogP contribution in [0.2, 0.25) is 0 Å². The first-order valence-corrected chi connectivity index (χ1v) is 15.1. The van der Waals surface area contributed by atoms with Crippen LogP contribution < -0.4 is 0 Å². The second kappa shape index (κ2) is 14.3. The number of rotatable bonds is 7. The summed E-state index contributed by atoms with van der Waals surface area (Å²) in [5.74, 6) is -3.23. The van der Waals surface area contributed by atoms with Crippen molar-refractivity contribution in [3.63, 3.8) is 0 Å². The van der Waals surface area contributed by atoms with E-state index in [1.807, 2.05) is 36.2 Å². The highest BCUT2D eigenvalue weighted by atomic mass is 19.4. The number of likely N-dealkylation sites (tertiary alicyclic amines) is 1. The number of aromatic nitrogens is 1. The molecule has 0 bridgehead atoms. The van der Waals surface area contributed by atoms with Crippen molar-refractivity contribution in [2.75, 3.05) is 27.2 Å². The van der Waals surface area contributed by atoms with E-state index in [2.05, 4.69) is 28.6 Å². The van der Waals surface area contributed by atoms with Gasteiger partial charge in [0.1, 0.15) is 6.54 Å². The average molecular weight is 616 g/mol. The van der Waals surface area contributed by atoms with Crippen molar-refractivity contribution in [3.05, 3.63) is 59.7 Å². The van der Waals surface area contributed by atoms with E-state index in [1.54, 1.807) is 12.1 Å². The highest BCUT2D eigenvalue weighted by Crippen LogP contribution is 2.44. The van der Waals surface area contributed by atoms with Gasteiger partial charge in [-0.3, -0.25) is 4.79 Å². The van der Waals surface area contributed by atoms with Gasteiger partial charge in [-0.15, -0.1) is 0 Å². The number of nitrogens with zero attached hydrogens (tertiary/aromatic N) is 3. The minimum absolute atomic E-state index is 0.0592. The van der Waals surface area contributed by atoms with Gasteiger partial charge in [-0.25, -0.2) is 9.59 Å². The van der Waals surface area contributed by atoms with Gasteiger partial charge in [0, 0.05) is 25.0 Å². The first-order chi connectivity index (χ1) is 20.9. The molecule has 1 amide bonds. The number of alkyl halides is 3. The SMILES string of the molecule is CN(CC1CCCCN1C)C(=O)Cn1c(-c2ccccc2)c(C2CCCCC2)c2ccc(C(=O)O)cc21.O=C(O)C(F)(F)F. The first kappa shape index (κ1) is 33.0. The van der Waals surface area contributed by atoms with E-state index in [0.29, 0.717) is 18.5 Å². The van der Waals surface area contributed by atoms with Crippen molar-refractivity contribution < 1.29 is 37.8 Å². The van der Waals surface area contributed by atoms with Crippen LogP contribution >= 0.6 is 0 Å². The van der Waals surface area contributed by atoms with E-state index in [9.17, 15) is 27.9 Å². The maximum absolute atomic E-state index is 13.7. The van der Waals surface area contributed by atoms with E-state index in [0.717, 1.165) is 48.0 Å². The standard InChI is InChI=1S/C31H39N3O3.C2HF3O2/c1-32-18-10-9-15-25(32)20-33(2)28(35)21-34-27-19-24(31(36)37)16-17-26(27)29(22-11-5-3-6-12-22)30(34)23-13-7-4-8-14-23;3-2(4,5)1(6)7/h4,7-8,13-14,16-17,19,22,25H,3,5-6,9-12,15,18,20-21H2,1-2H3,(H,36,37);(H,6,7). The summed E-state index contributed by atoms with van der Waals surface area (Å²) in [6.07, 6.45) is 4.38. The number of fused-ring (bicyclic) bond motifs is 1. The molecule has 1 saturated heterocycles. The molecule has 0 radical (unpaired) electrons. The fraction of sp³-hybridized carbons (Fsp3) is 0.485. The number of likely N-dealkylation sites (N-methyl/N-ethyl adjacent to an activating group) is 2. The average Bonchev–Trinajstić information content (AvgIpc) is 3.32. The number of hydrogen-bond donors (Lipinski definition) is 2. The maximum Gasteiger partial charge on any atom is 0.490 e. The Labute approximate surface area is 255 Å². The molecule has 2 fully saturated rings. The minimum atomic E-state index is -5.08. The number of carbonyl (C=O) groups excluding carboxylic acids is 1. The zero-order valence-corrected chi connectivity index (χ0v) is 25.1. The van der Waals surface area contributed by atoms with Gasteiger partial charge in [0.2, 0.25) is 5.91 Å². The number of carboxylic acids is 2. The second-order valence-electron chi connectivity index (χ2n) is 11.8. The third kappa shape index (κ3) is 7.80. The van der Waals surface area contributed by atoms with Crippen molar-refractivity contribution in [3.8, 4) is 11.3 Å². The molecule has 2 aliphatic rings. The number of benzene rings is 2. The van der Waals surface area contributed by atoms with Crippen LogP contribution in [-0.4, -0.2) is 81.8 Å². The number of carboxylic acid groups (broad SMARTS) is 2. The van der Waals surface area contributed by atoms with Gasteiger partial charge in [0.25, 0.3) is 0 Å². The summed E-state index contributed by atoms with van der Waals surface area (Å²) in [6, 6.07) is 16.1. The van der Waals surface area contributed by atoms with Crippen LogP contribution in [0.15, 0.2) is 48.5 Å². The molecule has 1 saturated carbocycles. The van der Waals surface area contributed by atoms with Gasteiger partial charge < -0.3 is 24.6 Å². The zero-order valence-electron chi connectivity index (χ0n) is 25.1. The van der Waals surface area contributed by atoms with Gasteiger partial charge >= 0.3 is 18.1 Å². The molecule has 44 heavy (non-hydrogen) atoms. The molecular weight excluding hydrogens is 575 g/mol. The van der Waals surface area contributed by atoms with Gasteiger partial charge in [0.15, 0.2) is 0 Å². The number of carbonyl (C=O) groups is 3. The molecule has 1 atom stereocenters. The topological polar surface area (TPSA) is 103 Å². The molecule has 2 heterocycles. The lowest BCUT2D eigenvalue weighted by atomic mass is 9.82. The monoisotopic (exact) mass is 615 g/mol. The van der Waals surface area contributed by atoms with Crippen LogP contribution in [0, 0.1) is 0 Å². The quantitative estimate of drug-likeness (QED) is 0.309. The summed E-state index contributed by atoms with van der Waals surface area (Å²) in [5, 5.41) is 18.0. The number of aliphatic carboxylic acids is 1. The Morgan fingerprint density at radius 2 is 1.57 bits per heavy atom. The maximum atomic E-state index is 13.7. The predicted molar refractivity (Wildman–Crippen MR) is 162 cm³/mol. The molecule has 5 rings (SSSR count). The first-order valence-electron chi connectivity index (χ1n) is 15.1. The lowest BCUT2D eigenvalue weighted by Gasteiger charge is -2.35. The fourth-order valence-electron chi connectivity index (χ4n) is 6.43.